The van der Waals surface area contributed by atoms with E-state index in [0.29, 0.717) is 38.1 Å². The van der Waals surface area contributed by atoms with E-state index in [0.717, 1.165) is 25.7 Å². The van der Waals surface area contributed by atoms with Gasteiger partial charge in [-0.15, -0.1) is 0 Å². The first-order chi connectivity index (χ1) is 9.58. The van der Waals surface area contributed by atoms with Gasteiger partial charge in [-0.2, -0.15) is 5.10 Å². The third-order valence-electron chi connectivity index (χ3n) is 4.87. The molecule has 0 radical (unpaired) electrons. The average molecular weight is 279 g/mol. The maximum Gasteiger partial charge on any atom is 0.270 e. The van der Waals surface area contributed by atoms with Gasteiger partial charge in [0.15, 0.2) is 0 Å². The molecule has 0 spiro atoms. The summed E-state index contributed by atoms with van der Waals surface area (Å²) < 4.78 is 0. The topological polar surface area (TPSA) is 82.0 Å². The largest absolute Gasteiger partial charge is 0.389 e. The Balaban J connectivity index is 1.67. The highest BCUT2D eigenvalue weighted by atomic mass is 16.3. The van der Waals surface area contributed by atoms with Crippen LogP contribution >= 0.6 is 0 Å². The maximum absolute atomic E-state index is 12.4. The molecule has 1 saturated heterocycles. The Morgan fingerprint density at radius 1 is 1.35 bits per heavy atom. The highest BCUT2D eigenvalue weighted by Gasteiger charge is 2.44. The van der Waals surface area contributed by atoms with Gasteiger partial charge in [-0.25, -0.2) is 5.43 Å². The standard InChI is InChI=1S/C14H21N3O3/c18-12-5-4-11(15-16-12)13(19)17-8-7-14(20)6-2-1-3-10(14)9-17/h10,20H,1-9H2,(H,16,18). The summed E-state index contributed by atoms with van der Waals surface area (Å²) in [7, 11) is 0. The minimum atomic E-state index is -0.572. The molecule has 1 saturated carbocycles. The number of hydrogen-bond donors (Lipinski definition) is 2. The average Bonchev–Trinajstić information content (AvgIpc) is 2.46. The van der Waals surface area contributed by atoms with Gasteiger partial charge in [-0.05, 0) is 19.3 Å². The van der Waals surface area contributed by atoms with Gasteiger partial charge in [0.25, 0.3) is 5.91 Å². The van der Waals surface area contributed by atoms with Crippen molar-refractivity contribution in [3.8, 4) is 0 Å². The second-order valence-corrected chi connectivity index (χ2v) is 6.14. The number of nitrogens with one attached hydrogen (secondary N) is 1. The number of carbonyl (C=O) groups is 2. The first kappa shape index (κ1) is 13.5. The van der Waals surface area contributed by atoms with Gasteiger partial charge in [0.1, 0.15) is 5.71 Å². The molecule has 110 valence electrons. The Morgan fingerprint density at radius 2 is 2.20 bits per heavy atom. The van der Waals surface area contributed by atoms with Crippen LogP contribution in [0, 0.1) is 5.92 Å². The lowest BCUT2D eigenvalue weighted by atomic mass is 9.71. The van der Waals surface area contributed by atoms with Crippen molar-refractivity contribution in [2.24, 2.45) is 11.0 Å². The number of aliphatic hydroxyl groups is 1. The van der Waals surface area contributed by atoms with Crippen molar-refractivity contribution < 1.29 is 14.7 Å². The Labute approximate surface area is 118 Å². The van der Waals surface area contributed by atoms with Crippen molar-refractivity contribution in [1.29, 1.82) is 0 Å². The summed E-state index contributed by atoms with van der Waals surface area (Å²) in [5.41, 5.74) is 2.23. The number of rotatable bonds is 1. The Kier molecular flexibility index (Phi) is 3.50. The van der Waals surface area contributed by atoms with Crippen molar-refractivity contribution in [1.82, 2.24) is 10.3 Å². The van der Waals surface area contributed by atoms with Crippen molar-refractivity contribution in [2.75, 3.05) is 13.1 Å². The van der Waals surface area contributed by atoms with E-state index in [1.165, 1.54) is 0 Å². The molecule has 0 bridgehead atoms. The Morgan fingerprint density at radius 3 is 2.95 bits per heavy atom. The number of piperidine rings is 1. The van der Waals surface area contributed by atoms with Gasteiger partial charge >= 0.3 is 0 Å². The van der Waals surface area contributed by atoms with Gasteiger partial charge < -0.3 is 10.0 Å². The molecule has 0 aromatic heterocycles. The van der Waals surface area contributed by atoms with Crippen LogP contribution in [0.4, 0.5) is 0 Å². The molecule has 0 aromatic carbocycles. The van der Waals surface area contributed by atoms with Crippen LogP contribution in [-0.4, -0.2) is 46.2 Å². The number of hydrogen-bond acceptors (Lipinski definition) is 4. The van der Waals surface area contributed by atoms with E-state index >= 15 is 0 Å². The molecule has 3 aliphatic rings. The van der Waals surface area contributed by atoms with E-state index in [1.807, 2.05) is 0 Å². The third kappa shape index (κ3) is 2.44. The van der Waals surface area contributed by atoms with Crippen molar-refractivity contribution in [3.63, 3.8) is 0 Å². The van der Waals surface area contributed by atoms with Crippen LogP contribution in [0.5, 0.6) is 0 Å². The molecule has 2 heterocycles. The highest BCUT2D eigenvalue weighted by molar-refractivity contribution is 6.39. The summed E-state index contributed by atoms with van der Waals surface area (Å²) in [6, 6.07) is 0. The van der Waals surface area contributed by atoms with Crippen LogP contribution in [0.1, 0.15) is 44.9 Å². The zero-order chi connectivity index (χ0) is 14.2. The number of nitrogens with zero attached hydrogens (tertiary/aromatic N) is 2. The predicted molar refractivity (Wildman–Crippen MR) is 72.9 cm³/mol. The van der Waals surface area contributed by atoms with E-state index in [4.69, 9.17) is 0 Å². The number of carbonyl (C=O) groups excluding carboxylic acids is 2. The lowest BCUT2D eigenvalue weighted by molar-refractivity contribution is -0.136. The van der Waals surface area contributed by atoms with Gasteiger partial charge in [0, 0.05) is 31.8 Å². The van der Waals surface area contributed by atoms with E-state index in [2.05, 4.69) is 10.5 Å². The van der Waals surface area contributed by atoms with E-state index in [-0.39, 0.29) is 17.7 Å². The molecule has 3 rings (SSSR count). The fourth-order valence-corrected chi connectivity index (χ4v) is 3.57. The zero-order valence-corrected chi connectivity index (χ0v) is 11.6. The zero-order valence-electron chi connectivity index (χ0n) is 11.6. The predicted octanol–water partition coefficient (Wildman–Crippen LogP) is 0.406. The van der Waals surface area contributed by atoms with E-state index in [9.17, 15) is 14.7 Å². The molecule has 2 fully saturated rings. The molecule has 6 heteroatoms. The second-order valence-electron chi connectivity index (χ2n) is 6.14. The van der Waals surface area contributed by atoms with Gasteiger partial charge in [-0.1, -0.05) is 12.8 Å². The summed E-state index contributed by atoms with van der Waals surface area (Å²) in [5.74, 6) is -0.0350. The quantitative estimate of drug-likeness (QED) is 0.729. The first-order valence-corrected chi connectivity index (χ1v) is 7.45. The maximum atomic E-state index is 12.4. The lowest BCUT2D eigenvalue weighted by Crippen LogP contribution is -2.56. The summed E-state index contributed by atoms with van der Waals surface area (Å²) >= 11 is 0. The molecule has 2 aliphatic heterocycles. The second kappa shape index (κ2) is 5.16. The normalized spacial score (nSPS) is 34.0. The third-order valence-corrected chi connectivity index (χ3v) is 4.87. The Bertz CT molecular complexity index is 463. The van der Waals surface area contributed by atoms with Crippen LogP contribution in [-0.2, 0) is 9.59 Å². The molecular weight excluding hydrogens is 258 g/mol. The fraction of sp³-hybridized carbons (Fsp3) is 0.786. The van der Waals surface area contributed by atoms with Crippen molar-refractivity contribution in [2.45, 2.75) is 50.5 Å². The van der Waals surface area contributed by atoms with Crippen LogP contribution in [0.25, 0.3) is 0 Å². The van der Waals surface area contributed by atoms with Gasteiger partial charge in [0.2, 0.25) is 5.91 Å². The number of amides is 2. The number of fused-ring (bicyclic) bond motifs is 1. The molecule has 2 amide bonds. The van der Waals surface area contributed by atoms with Gasteiger partial charge in [-0.3, -0.25) is 9.59 Å². The monoisotopic (exact) mass is 279 g/mol. The SMILES string of the molecule is O=C1CCC(C(=O)N2CCC3(O)CCCCC3C2)=NN1. The molecule has 2 unspecified atom stereocenters. The summed E-state index contributed by atoms with van der Waals surface area (Å²) in [5, 5.41) is 14.5. The minimum Gasteiger partial charge on any atom is -0.389 e. The molecule has 2 atom stereocenters. The number of hydrazone groups is 1. The van der Waals surface area contributed by atoms with Gasteiger partial charge in [0.05, 0.1) is 5.60 Å². The molecule has 6 nitrogen and oxygen atoms in total. The first-order valence-electron chi connectivity index (χ1n) is 7.45. The number of likely N-dealkylation sites (tertiary alicyclic amines) is 1. The summed E-state index contributed by atoms with van der Waals surface area (Å²) in [4.78, 5) is 25.3. The molecule has 20 heavy (non-hydrogen) atoms. The lowest BCUT2D eigenvalue weighted by Gasteiger charge is -2.47. The van der Waals surface area contributed by atoms with Crippen LogP contribution in [0.2, 0.25) is 0 Å². The summed E-state index contributed by atoms with van der Waals surface area (Å²) in [6.45, 7) is 1.20. The highest BCUT2D eigenvalue weighted by Crippen LogP contribution is 2.39. The molecule has 2 N–H and O–H groups in total. The minimum absolute atomic E-state index is 0.0855. The van der Waals surface area contributed by atoms with Crippen LogP contribution in [0.15, 0.2) is 5.10 Å². The molecule has 1 aliphatic carbocycles. The van der Waals surface area contributed by atoms with E-state index < -0.39 is 5.60 Å². The van der Waals surface area contributed by atoms with E-state index in [1.54, 1.807) is 4.90 Å². The smallest absolute Gasteiger partial charge is 0.270 e. The molecule has 0 aromatic rings. The van der Waals surface area contributed by atoms with Crippen LogP contribution < -0.4 is 5.43 Å². The van der Waals surface area contributed by atoms with Crippen LogP contribution in [0.3, 0.4) is 0 Å². The fourth-order valence-electron chi connectivity index (χ4n) is 3.57. The molecular formula is C14H21N3O3. The Hall–Kier alpha value is -1.43. The van der Waals surface area contributed by atoms with Crippen molar-refractivity contribution >= 4 is 17.5 Å². The van der Waals surface area contributed by atoms with Crippen molar-refractivity contribution in [3.05, 3.63) is 0 Å². The summed E-state index contributed by atoms with van der Waals surface area (Å²) in [6.07, 6.45) is 5.46.